The van der Waals surface area contributed by atoms with E-state index in [1.54, 1.807) is 31.2 Å². The van der Waals surface area contributed by atoms with E-state index < -0.39 is 24.1 Å². The second kappa shape index (κ2) is 7.07. The van der Waals surface area contributed by atoms with Crippen LogP contribution in [0.1, 0.15) is 24.9 Å². The molecule has 0 bridgehead atoms. The van der Waals surface area contributed by atoms with Crippen LogP contribution in [0.4, 0.5) is 4.79 Å². The minimum absolute atomic E-state index is 0.193. The van der Waals surface area contributed by atoms with Gasteiger partial charge >= 0.3 is 12.0 Å². The largest absolute Gasteiger partial charge is 0.481 e. The number of nitrogens with one attached hydrogen (secondary N) is 2. The zero-order valence-electron chi connectivity index (χ0n) is 10.6. The Labute approximate surface area is 112 Å². The number of urea groups is 1. The third kappa shape index (κ3) is 5.13. The predicted octanol–water partition coefficient (Wildman–Crippen LogP) is 1.52. The Morgan fingerprint density at radius 1 is 1.32 bits per heavy atom. The summed E-state index contributed by atoms with van der Waals surface area (Å²) in [5, 5.41) is 14.0. The minimum atomic E-state index is -0.987. The quantitative estimate of drug-likeness (QED) is 0.702. The highest BCUT2D eigenvalue weighted by atomic mass is 16.4. The molecule has 19 heavy (non-hydrogen) atoms. The van der Waals surface area contributed by atoms with Crippen molar-refractivity contribution in [3.63, 3.8) is 0 Å². The van der Waals surface area contributed by atoms with Gasteiger partial charge < -0.3 is 15.7 Å². The third-order valence-electron chi connectivity index (χ3n) is 2.48. The number of amides is 2. The van der Waals surface area contributed by atoms with E-state index in [9.17, 15) is 9.59 Å². The van der Waals surface area contributed by atoms with Crippen molar-refractivity contribution in [2.45, 2.75) is 25.4 Å². The lowest BCUT2D eigenvalue weighted by Crippen LogP contribution is -2.42. The van der Waals surface area contributed by atoms with Crippen LogP contribution in [-0.2, 0) is 4.79 Å². The first-order valence-electron chi connectivity index (χ1n) is 5.83. The molecule has 0 spiro atoms. The van der Waals surface area contributed by atoms with Gasteiger partial charge in [-0.25, -0.2) is 4.79 Å². The molecule has 5 heteroatoms. The highest BCUT2D eigenvalue weighted by Gasteiger charge is 2.18. The summed E-state index contributed by atoms with van der Waals surface area (Å²) in [6.45, 7) is 1.66. The van der Waals surface area contributed by atoms with Crippen LogP contribution in [0.2, 0.25) is 0 Å². The van der Waals surface area contributed by atoms with Gasteiger partial charge in [0.05, 0.1) is 18.5 Å². The Morgan fingerprint density at radius 3 is 2.47 bits per heavy atom. The second-order valence-electron chi connectivity index (χ2n) is 4.07. The molecule has 3 N–H and O–H groups in total. The first kappa shape index (κ1) is 14.6. The van der Waals surface area contributed by atoms with Crippen LogP contribution < -0.4 is 10.6 Å². The maximum atomic E-state index is 11.7. The van der Waals surface area contributed by atoms with Crippen molar-refractivity contribution >= 4 is 12.0 Å². The molecule has 2 unspecified atom stereocenters. The van der Waals surface area contributed by atoms with Gasteiger partial charge in [-0.2, -0.15) is 0 Å². The number of carbonyl (C=O) groups excluding carboxylic acids is 1. The van der Waals surface area contributed by atoms with E-state index in [0.717, 1.165) is 5.56 Å². The van der Waals surface area contributed by atoms with Gasteiger partial charge in [0.15, 0.2) is 0 Å². The van der Waals surface area contributed by atoms with Crippen LogP contribution in [0, 0.1) is 12.3 Å². The molecule has 2 atom stereocenters. The Hall–Kier alpha value is -2.48. The third-order valence-corrected chi connectivity index (χ3v) is 2.48. The Balaban J connectivity index is 2.74. The summed E-state index contributed by atoms with van der Waals surface area (Å²) in [6.07, 6.45) is 4.96. The number of carboxylic acids is 1. The highest BCUT2D eigenvalue weighted by Crippen LogP contribution is 2.16. The van der Waals surface area contributed by atoms with Gasteiger partial charge in [-0.3, -0.25) is 4.79 Å². The van der Waals surface area contributed by atoms with Gasteiger partial charge in [-0.1, -0.05) is 36.3 Å². The normalized spacial score (nSPS) is 12.8. The molecule has 0 heterocycles. The number of hydrogen-bond donors (Lipinski definition) is 3. The van der Waals surface area contributed by atoms with Crippen molar-refractivity contribution in [3.8, 4) is 12.3 Å². The fourth-order valence-electron chi connectivity index (χ4n) is 1.55. The summed E-state index contributed by atoms with van der Waals surface area (Å²) in [4.78, 5) is 22.5. The summed E-state index contributed by atoms with van der Waals surface area (Å²) in [5.74, 6) is 1.37. The van der Waals surface area contributed by atoms with E-state index in [0.29, 0.717) is 0 Å². The van der Waals surface area contributed by atoms with Crippen molar-refractivity contribution in [1.82, 2.24) is 10.6 Å². The van der Waals surface area contributed by atoms with Crippen LogP contribution >= 0.6 is 0 Å². The van der Waals surface area contributed by atoms with Gasteiger partial charge in [-0.05, 0) is 12.5 Å². The monoisotopic (exact) mass is 260 g/mol. The Bertz CT molecular complexity index is 479. The second-order valence-corrected chi connectivity index (χ2v) is 4.07. The maximum absolute atomic E-state index is 11.7. The van der Waals surface area contributed by atoms with Gasteiger partial charge in [0, 0.05) is 0 Å². The molecule has 1 aromatic rings. The average Bonchev–Trinajstić information content (AvgIpc) is 2.38. The summed E-state index contributed by atoms with van der Waals surface area (Å²) in [6, 6.07) is 7.42. The number of benzene rings is 1. The summed E-state index contributed by atoms with van der Waals surface area (Å²) in [7, 11) is 0. The number of terminal acetylenes is 1. The van der Waals surface area contributed by atoms with Crippen LogP contribution in [-0.4, -0.2) is 23.1 Å². The molecule has 0 saturated heterocycles. The molecule has 0 aliphatic heterocycles. The van der Waals surface area contributed by atoms with E-state index in [1.807, 2.05) is 6.07 Å². The SMILES string of the molecule is C#CC(C)NC(=O)NC(CC(=O)O)c1ccccc1. The molecule has 0 aromatic heterocycles. The summed E-state index contributed by atoms with van der Waals surface area (Å²) < 4.78 is 0. The molecule has 0 saturated carbocycles. The first-order valence-corrected chi connectivity index (χ1v) is 5.83. The number of carboxylic acid groups (broad SMARTS) is 1. The molecule has 0 aliphatic rings. The van der Waals surface area contributed by atoms with Crippen molar-refractivity contribution < 1.29 is 14.7 Å². The van der Waals surface area contributed by atoms with Crippen molar-refractivity contribution in [3.05, 3.63) is 35.9 Å². The Morgan fingerprint density at radius 2 is 1.95 bits per heavy atom. The van der Waals surface area contributed by atoms with Gasteiger partial charge in [0.2, 0.25) is 0 Å². The van der Waals surface area contributed by atoms with Crippen molar-refractivity contribution in [2.24, 2.45) is 0 Å². The molecule has 0 radical (unpaired) electrons. The molecule has 1 aromatic carbocycles. The standard InChI is InChI=1S/C14H16N2O3/c1-3-10(2)15-14(19)16-12(9-13(17)18)11-7-5-4-6-8-11/h1,4-8,10,12H,9H2,2H3,(H,17,18)(H2,15,16,19). The van der Waals surface area contributed by atoms with E-state index in [1.165, 1.54) is 0 Å². The number of aliphatic carboxylic acids is 1. The van der Waals surface area contributed by atoms with Crippen LogP contribution in [0.5, 0.6) is 0 Å². The lowest BCUT2D eigenvalue weighted by atomic mass is 10.0. The molecule has 2 amide bonds. The smallest absolute Gasteiger partial charge is 0.316 e. The number of rotatable bonds is 5. The van der Waals surface area contributed by atoms with E-state index in [2.05, 4.69) is 16.6 Å². The first-order chi connectivity index (χ1) is 9.02. The molecule has 0 fully saturated rings. The minimum Gasteiger partial charge on any atom is -0.481 e. The number of carbonyl (C=O) groups is 2. The summed E-state index contributed by atoms with van der Waals surface area (Å²) in [5.41, 5.74) is 0.730. The molecular formula is C14H16N2O3. The Kier molecular flexibility index (Phi) is 5.42. The van der Waals surface area contributed by atoms with Crippen molar-refractivity contribution in [2.75, 3.05) is 0 Å². The van der Waals surface area contributed by atoms with Gasteiger partial charge in [-0.15, -0.1) is 6.42 Å². The van der Waals surface area contributed by atoms with E-state index in [4.69, 9.17) is 11.5 Å². The maximum Gasteiger partial charge on any atom is 0.316 e. The fraction of sp³-hybridized carbons (Fsp3) is 0.286. The van der Waals surface area contributed by atoms with Gasteiger partial charge in [0.25, 0.3) is 0 Å². The zero-order valence-corrected chi connectivity index (χ0v) is 10.6. The number of hydrogen-bond acceptors (Lipinski definition) is 2. The van der Waals surface area contributed by atoms with Gasteiger partial charge in [0.1, 0.15) is 0 Å². The van der Waals surface area contributed by atoms with Crippen LogP contribution in [0.25, 0.3) is 0 Å². The van der Waals surface area contributed by atoms with E-state index >= 15 is 0 Å². The lowest BCUT2D eigenvalue weighted by Gasteiger charge is -2.18. The molecule has 100 valence electrons. The fourth-order valence-corrected chi connectivity index (χ4v) is 1.55. The van der Waals surface area contributed by atoms with Crippen molar-refractivity contribution in [1.29, 1.82) is 0 Å². The molecular weight excluding hydrogens is 244 g/mol. The van der Waals surface area contributed by atoms with Crippen LogP contribution in [0.3, 0.4) is 0 Å². The summed E-state index contributed by atoms with van der Waals surface area (Å²) >= 11 is 0. The lowest BCUT2D eigenvalue weighted by molar-refractivity contribution is -0.137. The molecule has 1 rings (SSSR count). The average molecular weight is 260 g/mol. The zero-order chi connectivity index (χ0) is 14.3. The predicted molar refractivity (Wildman–Crippen MR) is 71.4 cm³/mol. The van der Waals surface area contributed by atoms with Crippen LogP contribution in [0.15, 0.2) is 30.3 Å². The van der Waals surface area contributed by atoms with E-state index in [-0.39, 0.29) is 6.42 Å². The molecule has 5 nitrogen and oxygen atoms in total. The topological polar surface area (TPSA) is 78.4 Å². The highest BCUT2D eigenvalue weighted by molar-refractivity contribution is 5.76. The molecule has 0 aliphatic carbocycles.